The van der Waals surface area contributed by atoms with Crippen LogP contribution in [-0.4, -0.2) is 18.9 Å². The van der Waals surface area contributed by atoms with Gasteiger partial charge < -0.3 is 13.9 Å². The van der Waals surface area contributed by atoms with Crippen LogP contribution in [0.2, 0.25) is 0 Å². The van der Waals surface area contributed by atoms with Gasteiger partial charge in [-0.2, -0.15) is 0 Å². The fourth-order valence-corrected chi connectivity index (χ4v) is 1.84. The largest absolute Gasteiger partial charge is 0.472 e. The first kappa shape index (κ1) is 13.6. The molecule has 0 bridgehead atoms. The highest BCUT2D eigenvalue weighted by molar-refractivity contribution is 5.85. The zero-order valence-electron chi connectivity index (χ0n) is 11.2. The molecule has 19 heavy (non-hydrogen) atoms. The lowest BCUT2D eigenvalue weighted by molar-refractivity contribution is -0.157. The van der Waals surface area contributed by atoms with Gasteiger partial charge in [0.25, 0.3) is 0 Å². The maximum Gasteiger partial charge on any atom is 0.333 e. The van der Waals surface area contributed by atoms with Gasteiger partial charge >= 0.3 is 5.97 Å². The molecule has 0 saturated carbocycles. The molecule has 2 rings (SSSR count). The van der Waals surface area contributed by atoms with E-state index in [1.54, 1.807) is 12.5 Å². The van der Waals surface area contributed by atoms with E-state index in [0.29, 0.717) is 6.61 Å². The van der Waals surface area contributed by atoms with E-state index in [9.17, 15) is 4.79 Å². The number of aryl methyl sites for hydroxylation is 1. The average molecular weight is 262 g/mol. The van der Waals surface area contributed by atoms with E-state index in [1.807, 2.05) is 19.9 Å². The van der Waals surface area contributed by atoms with Crippen molar-refractivity contribution in [2.24, 2.45) is 0 Å². The third-order valence-electron chi connectivity index (χ3n) is 2.91. The first-order chi connectivity index (χ1) is 9.15. The van der Waals surface area contributed by atoms with Crippen molar-refractivity contribution in [3.05, 3.63) is 47.5 Å². The third kappa shape index (κ3) is 4.10. The van der Waals surface area contributed by atoms with Gasteiger partial charge in [-0.15, -0.1) is 0 Å². The molecule has 1 aliphatic rings. The van der Waals surface area contributed by atoms with Gasteiger partial charge in [0.15, 0.2) is 0 Å². The Morgan fingerprint density at radius 2 is 2.37 bits per heavy atom. The van der Waals surface area contributed by atoms with Crippen LogP contribution in [0.15, 0.2) is 46.3 Å². The zero-order valence-corrected chi connectivity index (χ0v) is 11.2. The summed E-state index contributed by atoms with van der Waals surface area (Å²) in [7, 11) is 0. The quantitative estimate of drug-likeness (QED) is 0.584. The predicted molar refractivity (Wildman–Crippen MR) is 70.4 cm³/mol. The van der Waals surface area contributed by atoms with Crippen LogP contribution in [0.3, 0.4) is 0 Å². The summed E-state index contributed by atoms with van der Waals surface area (Å²) in [6, 6.07) is 1.96. The van der Waals surface area contributed by atoms with Crippen LogP contribution in [-0.2, 0) is 20.7 Å². The van der Waals surface area contributed by atoms with E-state index in [4.69, 9.17) is 13.9 Å². The molecule has 102 valence electrons. The zero-order chi connectivity index (χ0) is 13.7. The van der Waals surface area contributed by atoms with E-state index >= 15 is 0 Å². The highest BCUT2D eigenvalue weighted by Gasteiger charge is 2.23. The molecule has 0 aromatic carbocycles. The summed E-state index contributed by atoms with van der Waals surface area (Å²) >= 11 is 0. The van der Waals surface area contributed by atoms with E-state index in [-0.39, 0.29) is 5.97 Å². The second-order valence-corrected chi connectivity index (χ2v) is 4.69. The molecule has 0 N–H and O–H groups in total. The molecule has 1 aromatic rings. The molecular formula is C15H18O4. The number of hydrogen-bond acceptors (Lipinski definition) is 4. The van der Waals surface area contributed by atoms with Gasteiger partial charge in [0.1, 0.15) is 0 Å². The highest BCUT2D eigenvalue weighted by Crippen LogP contribution is 2.16. The van der Waals surface area contributed by atoms with Gasteiger partial charge in [0, 0.05) is 11.6 Å². The lowest BCUT2D eigenvalue weighted by Crippen LogP contribution is -2.16. The van der Waals surface area contributed by atoms with Gasteiger partial charge in [0.2, 0.25) is 6.29 Å². The summed E-state index contributed by atoms with van der Waals surface area (Å²) in [4.78, 5) is 11.0. The lowest BCUT2D eigenvalue weighted by Gasteiger charge is -2.13. The first-order valence-electron chi connectivity index (χ1n) is 6.32. The summed E-state index contributed by atoms with van der Waals surface area (Å²) in [5.74, 6) is -0.330. The molecule has 0 fully saturated rings. The van der Waals surface area contributed by atoms with Gasteiger partial charge in [-0.3, -0.25) is 0 Å². The Balaban J connectivity index is 1.70. The SMILES string of the molecule is CC(=CCCc1ccoc1)COC1OC(=O)C=C1C. The number of carbonyl (C=O) groups is 1. The van der Waals surface area contributed by atoms with Crippen molar-refractivity contribution in [2.75, 3.05) is 6.61 Å². The minimum absolute atomic E-state index is 0.330. The molecule has 1 unspecified atom stereocenters. The molecule has 0 saturated heterocycles. The smallest absolute Gasteiger partial charge is 0.333 e. The van der Waals surface area contributed by atoms with Crippen molar-refractivity contribution in [3.63, 3.8) is 0 Å². The fraction of sp³-hybridized carbons (Fsp3) is 0.400. The Bertz CT molecular complexity index is 482. The van der Waals surface area contributed by atoms with Gasteiger partial charge in [-0.05, 0) is 38.3 Å². The molecule has 4 heteroatoms. The molecule has 0 radical (unpaired) electrons. The number of hydrogen-bond donors (Lipinski definition) is 0. The van der Waals surface area contributed by atoms with Crippen molar-refractivity contribution >= 4 is 5.97 Å². The maximum atomic E-state index is 11.0. The fourth-order valence-electron chi connectivity index (χ4n) is 1.84. The standard InChI is InChI=1S/C15H18O4/c1-11(4-3-5-13-6-7-17-10-13)9-18-15-12(2)8-14(16)19-15/h4,6-8,10,15H,3,5,9H2,1-2H3. The van der Waals surface area contributed by atoms with E-state index in [1.165, 1.54) is 11.6 Å². The van der Waals surface area contributed by atoms with Gasteiger partial charge in [-0.25, -0.2) is 4.79 Å². The Kier molecular flexibility index (Phi) is 4.58. The summed E-state index contributed by atoms with van der Waals surface area (Å²) in [5, 5.41) is 0. The monoisotopic (exact) mass is 262 g/mol. The highest BCUT2D eigenvalue weighted by atomic mass is 16.7. The summed E-state index contributed by atoms with van der Waals surface area (Å²) in [6.45, 7) is 4.30. The minimum atomic E-state index is -0.523. The van der Waals surface area contributed by atoms with E-state index in [0.717, 1.165) is 24.0 Å². The Morgan fingerprint density at radius 3 is 3.00 bits per heavy atom. The minimum Gasteiger partial charge on any atom is -0.472 e. The second-order valence-electron chi connectivity index (χ2n) is 4.69. The number of allylic oxidation sites excluding steroid dienone is 1. The average Bonchev–Trinajstić information content (AvgIpc) is 2.97. The molecule has 1 aliphatic heterocycles. The van der Waals surface area contributed by atoms with Crippen molar-refractivity contribution < 1.29 is 18.7 Å². The molecule has 4 nitrogen and oxygen atoms in total. The van der Waals surface area contributed by atoms with Crippen molar-refractivity contribution in [1.82, 2.24) is 0 Å². The number of furan rings is 1. The van der Waals surface area contributed by atoms with Crippen LogP contribution in [0, 0.1) is 0 Å². The molecule has 1 atom stereocenters. The third-order valence-corrected chi connectivity index (χ3v) is 2.91. The van der Waals surface area contributed by atoms with Crippen LogP contribution in [0.25, 0.3) is 0 Å². The second kappa shape index (κ2) is 6.38. The lowest BCUT2D eigenvalue weighted by atomic mass is 10.1. The summed E-state index contributed by atoms with van der Waals surface area (Å²) in [5.41, 5.74) is 3.13. The summed E-state index contributed by atoms with van der Waals surface area (Å²) in [6.07, 6.45) is 8.39. The van der Waals surface area contributed by atoms with Gasteiger partial charge in [-0.1, -0.05) is 11.6 Å². The normalized spacial score (nSPS) is 19.5. The maximum absolute atomic E-state index is 11.0. The van der Waals surface area contributed by atoms with Gasteiger partial charge in [0.05, 0.1) is 19.1 Å². The Labute approximate surface area is 112 Å². The molecule has 1 aromatic heterocycles. The molecule has 0 aliphatic carbocycles. The van der Waals surface area contributed by atoms with E-state index < -0.39 is 6.29 Å². The Morgan fingerprint density at radius 1 is 1.53 bits per heavy atom. The molecule has 2 heterocycles. The van der Waals surface area contributed by atoms with E-state index in [2.05, 4.69) is 6.08 Å². The van der Waals surface area contributed by atoms with Crippen molar-refractivity contribution in [1.29, 1.82) is 0 Å². The summed E-state index contributed by atoms with van der Waals surface area (Å²) < 4.78 is 15.5. The number of esters is 1. The number of rotatable bonds is 6. The van der Waals surface area contributed by atoms with Crippen LogP contribution in [0.1, 0.15) is 25.8 Å². The first-order valence-corrected chi connectivity index (χ1v) is 6.32. The number of ether oxygens (including phenoxy) is 2. The topological polar surface area (TPSA) is 48.7 Å². The molecular weight excluding hydrogens is 244 g/mol. The Hall–Kier alpha value is -1.81. The molecule has 0 amide bonds. The number of carbonyl (C=O) groups excluding carboxylic acids is 1. The van der Waals surface area contributed by atoms with Crippen molar-refractivity contribution in [2.45, 2.75) is 33.0 Å². The van der Waals surface area contributed by atoms with Crippen LogP contribution < -0.4 is 0 Å². The van der Waals surface area contributed by atoms with Crippen LogP contribution in [0.4, 0.5) is 0 Å². The molecule has 0 spiro atoms. The number of cyclic esters (lactones) is 1. The van der Waals surface area contributed by atoms with Crippen LogP contribution in [0.5, 0.6) is 0 Å². The van der Waals surface area contributed by atoms with Crippen LogP contribution >= 0.6 is 0 Å². The predicted octanol–water partition coefficient (Wildman–Crippen LogP) is 3.00. The van der Waals surface area contributed by atoms with Crippen molar-refractivity contribution in [3.8, 4) is 0 Å².